The Morgan fingerprint density at radius 2 is 1.85 bits per heavy atom. The fraction of sp³-hybridized carbons (Fsp3) is 0.727. The summed E-state index contributed by atoms with van der Waals surface area (Å²) < 4.78 is 5.86. The van der Waals surface area contributed by atoms with Crippen molar-refractivity contribution in [1.29, 1.82) is 0 Å². The number of ether oxygens (including phenoxy) is 1. The number of likely N-dealkylation sites (N-methyl/N-ethyl adjacent to an activating group) is 2. The Morgan fingerprint density at radius 1 is 1.12 bits per heavy atom. The van der Waals surface area contributed by atoms with E-state index in [0.717, 1.165) is 32.8 Å². The lowest BCUT2D eigenvalue weighted by Crippen LogP contribution is -2.44. The molecule has 3 rings (SSSR count). The van der Waals surface area contributed by atoms with Gasteiger partial charge in [0.1, 0.15) is 0 Å². The summed E-state index contributed by atoms with van der Waals surface area (Å²) in [6, 6.07) is 4.79. The summed E-state index contributed by atoms with van der Waals surface area (Å²) in [5.74, 6) is 0. The minimum absolute atomic E-state index is 0.435. The van der Waals surface area contributed by atoms with Crippen molar-refractivity contribution in [3.63, 3.8) is 0 Å². The van der Waals surface area contributed by atoms with E-state index < -0.39 is 0 Å². The first-order valence-electron chi connectivity index (χ1n) is 10.4. The number of hydrogen-bond donors (Lipinski definition) is 0. The Kier molecular flexibility index (Phi) is 7.10. The van der Waals surface area contributed by atoms with Gasteiger partial charge in [0, 0.05) is 52.4 Å². The van der Waals surface area contributed by atoms with Gasteiger partial charge < -0.3 is 9.64 Å². The van der Waals surface area contributed by atoms with Gasteiger partial charge in [0.05, 0.1) is 6.10 Å². The van der Waals surface area contributed by atoms with E-state index in [1.54, 1.807) is 0 Å². The maximum Gasteiger partial charge on any atom is 0.0702 e. The maximum atomic E-state index is 5.86. The van der Waals surface area contributed by atoms with Crippen molar-refractivity contribution >= 4 is 0 Å². The van der Waals surface area contributed by atoms with Crippen LogP contribution < -0.4 is 0 Å². The summed E-state index contributed by atoms with van der Waals surface area (Å²) in [6.07, 6.45) is 2.88. The van der Waals surface area contributed by atoms with Gasteiger partial charge in [0.2, 0.25) is 0 Å². The Balaban J connectivity index is 1.67. The fourth-order valence-electron chi connectivity index (χ4n) is 4.21. The van der Waals surface area contributed by atoms with Crippen LogP contribution in [0.3, 0.4) is 0 Å². The van der Waals surface area contributed by atoms with Crippen molar-refractivity contribution in [2.24, 2.45) is 0 Å². The Labute approximate surface area is 160 Å². The highest BCUT2D eigenvalue weighted by molar-refractivity contribution is 5.38. The van der Waals surface area contributed by atoms with E-state index in [1.807, 2.05) is 0 Å². The lowest BCUT2D eigenvalue weighted by Gasteiger charge is -2.33. The van der Waals surface area contributed by atoms with Crippen LogP contribution in [0.2, 0.25) is 0 Å². The summed E-state index contributed by atoms with van der Waals surface area (Å²) in [4.78, 5) is 7.59. The van der Waals surface area contributed by atoms with E-state index in [1.165, 1.54) is 61.3 Å². The normalized spacial score (nSPS) is 22.4. The van der Waals surface area contributed by atoms with Crippen LogP contribution in [-0.4, -0.2) is 73.7 Å². The van der Waals surface area contributed by atoms with Crippen molar-refractivity contribution < 1.29 is 4.74 Å². The molecule has 1 aromatic rings. The molecule has 0 bridgehead atoms. The van der Waals surface area contributed by atoms with Crippen LogP contribution >= 0.6 is 0 Å². The van der Waals surface area contributed by atoms with Crippen LogP contribution in [0, 0.1) is 13.8 Å². The van der Waals surface area contributed by atoms with E-state index in [0.29, 0.717) is 6.10 Å². The van der Waals surface area contributed by atoms with E-state index in [-0.39, 0.29) is 0 Å². The van der Waals surface area contributed by atoms with E-state index in [9.17, 15) is 0 Å². The molecular weight excluding hydrogens is 322 g/mol. The van der Waals surface area contributed by atoms with Crippen LogP contribution in [0.25, 0.3) is 0 Å². The van der Waals surface area contributed by atoms with Crippen molar-refractivity contribution in [2.45, 2.75) is 52.8 Å². The molecule has 2 aliphatic heterocycles. The lowest BCUT2D eigenvalue weighted by molar-refractivity contribution is 0.0724. The van der Waals surface area contributed by atoms with Crippen LogP contribution in [0.5, 0.6) is 0 Å². The Morgan fingerprint density at radius 3 is 2.50 bits per heavy atom. The van der Waals surface area contributed by atoms with Gasteiger partial charge in [-0.3, -0.25) is 9.80 Å². The standard InChI is InChI=1S/C22H37N3O/c1-5-24(17-22-7-6-12-26-22)15-20-13-18(2)14-21(19(20)3)16-25-10-8-23(4)9-11-25/h13-14,22H,5-12,15-17H2,1-4H3/t22-/m1/s1. The molecule has 0 spiro atoms. The number of aryl methyl sites for hydroxylation is 1. The highest BCUT2D eigenvalue weighted by Gasteiger charge is 2.20. The van der Waals surface area contributed by atoms with Crippen molar-refractivity contribution in [3.8, 4) is 0 Å². The molecule has 0 aliphatic carbocycles. The van der Waals surface area contributed by atoms with Crippen LogP contribution in [0.4, 0.5) is 0 Å². The molecule has 2 fully saturated rings. The predicted octanol–water partition coefficient (Wildman–Crippen LogP) is 3.05. The van der Waals surface area contributed by atoms with E-state index in [4.69, 9.17) is 4.74 Å². The first kappa shape index (κ1) is 19.8. The molecule has 0 saturated carbocycles. The number of hydrogen-bond acceptors (Lipinski definition) is 4. The average Bonchev–Trinajstić information content (AvgIpc) is 3.13. The molecular formula is C22H37N3O. The van der Waals surface area contributed by atoms with Crippen molar-refractivity contribution in [1.82, 2.24) is 14.7 Å². The first-order chi connectivity index (χ1) is 12.5. The average molecular weight is 360 g/mol. The number of piperazine rings is 1. The second kappa shape index (κ2) is 9.32. The third kappa shape index (κ3) is 5.29. The van der Waals surface area contributed by atoms with Crippen molar-refractivity contribution in [2.75, 3.05) is 52.9 Å². The summed E-state index contributed by atoms with van der Waals surface area (Å²) in [5.41, 5.74) is 5.88. The molecule has 1 atom stereocenters. The Bertz CT molecular complexity index is 575. The van der Waals surface area contributed by atoms with Gasteiger partial charge >= 0.3 is 0 Å². The zero-order valence-corrected chi connectivity index (χ0v) is 17.3. The van der Waals surface area contributed by atoms with Crippen molar-refractivity contribution in [3.05, 3.63) is 34.4 Å². The second-order valence-electron chi connectivity index (χ2n) is 8.25. The molecule has 0 amide bonds. The third-order valence-electron chi connectivity index (χ3n) is 6.08. The SMILES string of the molecule is CCN(Cc1cc(C)cc(CN2CCN(C)CC2)c1C)C[C@H]1CCCO1. The molecule has 4 heteroatoms. The quantitative estimate of drug-likeness (QED) is 0.745. The lowest BCUT2D eigenvalue weighted by atomic mass is 9.98. The van der Waals surface area contributed by atoms with Crippen LogP contribution in [0.15, 0.2) is 12.1 Å². The largest absolute Gasteiger partial charge is 0.377 e. The van der Waals surface area contributed by atoms with Crippen LogP contribution in [0.1, 0.15) is 42.0 Å². The molecule has 146 valence electrons. The van der Waals surface area contributed by atoms with Gasteiger partial charge in [-0.25, -0.2) is 0 Å². The number of rotatable bonds is 7. The maximum absolute atomic E-state index is 5.86. The van der Waals surface area contributed by atoms with Gasteiger partial charge in [-0.2, -0.15) is 0 Å². The molecule has 0 N–H and O–H groups in total. The molecule has 0 radical (unpaired) electrons. The highest BCUT2D eigenvalue weighted by Crippen LogP contribution is 2.22. The van der Waals surface area contributed by atoms with Gasteiger partial charge in [-0.15, -0.1) is 0 Å². The second-order valence-corrected chi connectivity index (χ2v) is 8.25. The highest BCUT2D eigenvalue weighted by atomic mass is 16.5. The Hall–Kier alpha value is -0.940. The van der Waals surface area contributed by atoms with E-state index >= 15 is 0 Å². The number of nitrogens with zero attached hydrogens (tertiary/aromatic N) is 3. The molecule has 4 nitrogen and oxygen atoms in total. The molecule has 1 aromatic carbocycles. The minimum atomic E-state index is 0.435. The first-order valence-corrected chi connectivity index (χ1v) is 10.4. The van der Waals surface area contributed by atoms with Gasteiger partial charge in [0.15, 0.2) is 0 Å². The zero-order chi connectivity index (χ0) is 18.5. The zero-order valence-electron chi connectivity index (χ0n) is 17.3. The molecule has 26 heavy (non-hydrogen) atoms. The smallest absolute Gasteiger partial charge is 0.0702 e. The summed E-state index contributed by atoms with van der Waals surface area (Å²) in [7, 11) is 2.22. The predicted molar refractivity (Wildman–Crippen MR) is 109 cm³/mol. The van der Waals surface area contributed by atoms with Gasteiger partial charge in [-0.05, 0) is 57.0 Å². The van der Waals surface area contributed by atoms with Gasteiger partial charge in [-0.1, -0.05) is 24.6 Å². The summed E-state index contributed by atoms with van der Waals surface area (Å²) in [6.45, 7) is 16.8. The third-order valence-corrected chi connectivity index (χ3v) is 6.08. The number of benzene rings is 1. The topological polar surface area (TPSA) is 19.0 Å². The summed E-state index contributed by atoms with van der Waals surface area (Å²) >= 11 is 0. The molecule has 2 saturated heterocycles. The molecule has 0 aromatic heterocycles. The molecule has 0 unspecified atom stereocenters. The minimum Gasteiger partial charge on any atom is -0.377 e. The van der Waals surface area contributed by atoms with E-state index in [2.05, 4.69) is 54.7 Å². The fourth-order valence-corrected chi connectivity index (χ4v) is 4.21. The van der Waals surface area contributed by atoms with Gasteiger partial charge in [0.25, 0.3) is 0 Å². The van der Waals surface area contributed by atoms with Crippen LogP contribution in [-0.2, 0) is 17.8 Å². The molecule has 2 aliphatic rings. The summed E-state index contributed by atoms with van der Waals surface area (Å²) in [5, 5.41) is 0. The molecule has 2 heterocycles. The monoisotopic (exact) mass is 359 g/mol.